The Kier molecular flexibility index (Phi) is 9.85. The van der Waals surface area contributed by atoms with Gasteiger partial charge in [-0.25, -0.2) is 14.4 Å². The lowest BCUT2D eigenvalue weighted by molar-refractivity contribution is -0.140. The van der Waals surface area contributed by atoms with Crippen LogP contribution < -0.4 is 26.0 Å². The van der Waals surface area contributed by atoms with Gasteiger partial charge in [-0.05, 0) is 56.5 Å². The number of amides is 2. The van der Waals surface area contributed by atoms with E-state index in [1.807, 2.05) is 34.7 Å². The third kappa shape index (κ3) is 7.08. The van der Waals surface area contributed by atoms with E-state index in [4.69, 9.17) is 16.3 Å². The molecule has 2 amide bonds. The number of carbonyl (C=O) groups is 2. The van der Waals surface area contributed by atoms with Crippen LogP contribution in [0.1, 0.15) is 40.5 Å². The number of halogens is 2. The minimum absolute atomic E-state index is 0.0240. The largest absolute Gasteiger partial charge is 0.494 e. The maximum absolute atomic E-state index is 13.8. The van der Waals surface area contributed by atoms with Crippen LogP contribution in [0, 0.1) is 11.2 Å². The van der Waals surface area contributed by atoms with E-state index in [1.165, 1.54) is 25.6 Å². The third-order valence-corrected chi connectivity index (χ3v) is 7.76. The zero-order chi connectivity index (χ0) is 30.6. The summed E-state index contributed by atoms with van der Waals surface area (Å²) in [6.45, 7) is 9.22. The highest BCUT2D eigenvalue weighted by molar-refractivity contribution is 6.31. The van der Waals surface area contributed by atoms with Gasteiger partial charge in [-0.3, -0.25) is 9.59 Å². The summed E-state index contributed by atoms with van der Waals surface area (Å²) in [7, 11) is 3.39. The van der Waals surface area contributed by atoms with Crippen molar-refractivity contribution in [2.45, 2.75) is 58.7 Å². The predicted molar refractivity (Wildman–Crippen MR) is 164 cm³/mol. The summed E-state index contributed by atoms with van der Waals surface area (Å²) in [5, 5.41) is 13.3. The number of fused-ring (bicyclic) bond motifs is 1. The Labute approximate surface area is 250 Å². The molecule has 3 aromatic rings. The Morgan fingerprint density at radius 3 is 2.64 bits per heavy atom. The van der Waals surface area contributed by atoms with E-state index in [0.717, 1.165) is 6.42 Å². The Hall–Kier alpha value is -3.54. The molecule has 0 aliphatic carbocycles. The fourth-order valence-corrected chi connectivity index (χ4v) is 5.19. The molecule has 42 heavy (non-hydrogen) atoms. The summed E-state index contributed by atoms with van der Waals surface area (Å²) < 4.78 is 19.2. The van der Waals surface area contributed by atoms with E-state index in [-0.39, 0.29) is 28.3 Å². The summed E-state index contributed by atoms with van der Waals surface area (Å²) in [6.07, 6.45) is 2.68. The lowest BCUT2D eigenvalue weighted by Gasteiger charge is -2.36. The standard InChI is InChI=1S/C30H39ClFN7O3/c1-17(33-5)15-34-26(30(2,3)4)29(41)39-11-7-8-24(39)28(40)38-23-13-19-22(14-25(23)42-6)35-16-36-27(19)37-18-9-10-21(32)20(31)12-18/h9-10,12-14,16-17,24,26,33-34H,7-8,11,15H2,1-6H3,(H,38,40)(H,35,36,37)/t17-,24-,26+/m0/s1. The van der Waals surface area contributed by atoms with Crippen LogP contribution in [0.2, 0.25) is 5.02 Å². The van der Waals surface area contributed by atoms with Crippen molar-refractivity contribution >= 4 is 51.5 Å². The first kappa shape index (κ1) is 31.4. The number of aromatic nitrogens is 2. The number of carbonyl (C=O) groups excluding carboxylic acids is 2. The monoisotopic (exact) mass is 599 g/mol. The molecule has 1 aliphatic rings. The van der Waals surface area contributed by atoms with E-state index in [0.29, 0.717) is 53.4 Å². The highest BCUT2D eigenvalue weighted by atomic mass is 35.5. The van der Waals surface area contributed by atoms with Crippen LogP contribution in [-0.2, 0) is 9.59 Å². The van der Waals surface area contributed by atoms with Crippen molar-refractivity contribution < 1.29 is 18.7 Å². The van der Waals surface area contributed by atoms with Crippen molar-refractivity contribution in [1.82, 2.24) is 25.5 Å². The number of ether oxygens (including phenoxy) is 1. The van der Waals surface area contributed by atoms with Gasteiger partial charge in [0.2, 0.25) is 11.8 Å². The number of rotatable bonds is 10. The summed E-state index contributed by atoms with van der Waals surface area (Å²) >= 11 is 5.95. The summed E-state index contributed by atoms with van der Waals surface area (Å²) in [6, 6.07) is 6.80. The number of hydrogen-bond donors (Lipinski definition) is 4. The summed E-state index contributed by atoms with van der Waals surface area (Å²) in [5.41, 5.74) is 1.17. The predicted octanol–water partition coefficient (Wildman–Crippen LogP) is 4.72. The van der Waals surface area contributed by atoms with Gasteiger partial charge in [-0.1, -0.05) is 32.4 Å². The minimum Gasteiger partial charge on any atom is -0.494 e. The molecule has 1 aromatic heterocycles. The van der Waals surface area contributed by atoms with Gasteiger partial charge in [0.15, 0.2) is 0 Å². The average Bonchev–Trinajstić information content (AvgIpc) is 3.44. The molecule has 1 saturated heterocycles. The van der Waals surface area contributed by atoms with E-state index in [2.05, 4.69) is 31.2 Å². The quantitative estimate of drug-likeness (QED) is 0.264. The number of nitrogens with zero attached hydrogens (tertiary/aromatic N) is 3. The molecule has 0 saturated carbocycles. The molecule has 4 N–H and O–H groups in total. The van der Waals surface area contributed by atoms with Gasteiger partial charge in [0.25, 0.3) is 0 Å². The van der Waals surface area contributed by atoms with Gasteiger partial charge >= 0.3 is 0 Å². The number of methoxy groups -OCH3 is 1. The van der Waals surface area contributed by atoms with Crippen LogP contribution in [0.3, 0.4) is 0 Å². The first-order valence-electron chi connectivity index (χ1n) is 14.0. The van der Waals surface area contributed by atoms with Gasteiger partial charge in [0.1, 0.15) is 29.8 Å². The minimum atomic E-state index is -0.628. The lowest BCUT2D eigenvalue weighted by Crippen LogP contribution is -2.57. The number of anilines is 3. The molecular formula is C30H39ClFN7O3. The third-order valence-electron chi connectivity index (χ3n) is 7.47. The number of hydrogen-bond acceptors (Lipinski definition) is 8. The second kappa shape index (κ2) is 13.2. The van der Waals surface area contributed by atoms with Crippen LogP contribution in [0.5, 0.6) is 5.75 Å². The second-order valence-electron chi connectivity index (χ2n) is 11.6. The number of likely N-dealkylation sites (N-methyl/N-ethyl adjacent to an activating group) is 1. The number of benzene rings is 2. The first-order valence-corrected chi connectivity index (χ1v) is 14.4. The molecule has 0 spiro atoms. The Balaban J connectivity index is 1.59. The molecule has 0 bridgehead atoms. The molecule has 1 fully saturated rings. The van der Waals surface area contributed by atoms with Gasteiger partial charge in [-0.2, -0.15) is 0 Å². The molecule has 4 rings (SSSR count). The second-order valence-corrected chi connectivity index (χ2v) is 12.0. The number of likely N-dealkylation sites (tertiary alicyclic amines) is 1. The maximum atomic E-state index is 13.8. The van der Waals surface area contributed by atoms with E-state index < -0.39 is 17.9 Å². The zero-order valence-electron chi connectivity index (χ0n) is 24.8. The van der Waals surface area contributed by atoms with Crippen molar-refractivity contribution in [2.75, 3.05) is 37.9 Å². The number of nitrogens with one attached hydrogen (secondary N) is 4. The van der Waals surface area contributed by atoms with Crippen LogP contribution in [0.25, 0.3) is 10.9 Å². The molecule has 1 aliphatic heterocycles. The van der Waals surface area contributed by atoms with Crippen molar-refractivity contribution in [2.24, 2.45) is 5.41 Å². The van der Waals surface area contributed by atoms with Gasteiger partial charge < -0.3 is 30.9 Å². The highest BCUT2D eigenvalue weighted by Gasteiger charge is 2.41. The van der Waals surface area contributed by atoms with Crippen molar-refractivity contribution in [1.29, 1.82) is 0 Å². The SMILES string of the molecule is CN[C@@H](C)CN[C@H](C(=O)N1CCC[C@H]1C(=O)Nc1cc2c(Nc3ccc(F)c(Cl)c3)ncnc2cc1OC)C(C)(C)C. The zero-order valence-corrected chi connectivity index (χ0v) is 25.6. The Morgan fingerprint density at radius 2 is 1.98 bits per heavy atom. The molecule has 10 nitrogen and oxygen atoms in total. The highest BCUT2D eigenvalue weighted by Crippen LogP contribution is 2.34. The van der Waals surface area contributed by atoms with Gasteiger partial charge in [0.05, 0.1) is 29.4 Å². The Morgan fingerprint density at radius 1 is 1.21 bits per heavy atom. The van der Waals surface area contributed by atoms with E-state index in [9.17, 15) is 14.0 Å². The summed E-state index contributed by atoms with van der Waals surface area (Å²) in [4.78, 5) is 37.8. The average molecular weight is 600 g/mol. The maximum Gasteiger partial charge on any atom is 0.247 e. The smallest absolute Gasteiger partial charge is 0.247 e. The topological polar surface area (TPSA) is 121 Å². The van der Waals surface area contributed by atoms with E-state index >= 15 is 0 Å². The fraction of sp³-hybridized carbons (Fsp3) is 0.467. The molecule has 0 unspecified atom stereocenters. The van der Waals surface area contributed by atoms with E-state index in [1.54, 1.807) is 23.1 Å². The van der Waals surface area contributed by atoms with Crippen LogP contribution in [-0.4, -0.2) is 72.1 Å². The normalized spacial score (nSPS) is 16.8. The summed E-state index contributed by atoms with van der Waals surface area (Å²) in [5.74, 6) is -0.0656. The lowest BCUT2D eigenvalue weighted by atomic mass is 9.85. The molecule has 2 heterocycles. The van der Waals surface area contributed by atoms with Crippen LogP contribution in [0.4, 0.5) is 21.6 Å². The van der Waals surface area contributed by atoms with Crippen LogP contribution in [0.15, 0.2) is 36.7 Å². The molecule has 12 heteroatoms. The molecular weight excluding hydrogens is 561 g/mol. The van der Waals surface area contributed by atoms with Crippen molar-refractivity contribution in [3.8, 4) is 5.75 Å². The van der Waals surface area contributed by atoms with Crippen molar-refractivity contribution in [3.63, 3.8) is 0 Å². The first-order chi connectivity index (χ1) is 19.9. The Bertz CT molecular complexity index is 1450. The molecule has 0 radical (unpaired) electrons. The fourth-order valence-electron chi connectivity index (χ4n) is 5.01. The van der Waals surface area contributed by atoms with Crippen molar-refractivity contribution in [3.05, 3.63) is 47.5 Å². The van der Waals surface area contributed by atoms with Gasteiger partial charge in [0, 0.05) is 36.3 Å². The van der Waals surface area contributed by atoms with Gasteiger partial charge in [-0.15, -0.1) is 0 Å². The van der Waals surface area contributed by atoms with Crippen LogP contribution >= 0.6 is 11.6 Å². The molecule has 226 valence electrons. The molecule has 2 aromatic carbocycles. The molecule has 3 atom stereocenters.